The Hall–Kier alpha value is -1.30. The molecule has 1 aliphatic rings. The normalized spacial score (nSPS) is 14.4. The molecule has 0 fully saturated rings. The number of carbonyl (C=O) groups is 1. The SMILES string of the molecule is O=C(c1ccccc1)N1CCn2cc(I)cc2C1. The summed E-state index contributed by atoms with van der Waals surface area (Å²) in [5, 5.41) is 0. The smallest absolute Gasteiger partial charge is 0.254 e. The fourth-order valence-corrected chi connectivity index (χ4v) is 2.99. The van der Waals surface area contributed by atoms with Gasteiger partial charge >= 0.3 is 0 Å². The van der Waals surface area contributed by atoms with Crippen molar-refractivity contribution in [3.05, 3.63) is 57.4 Å². The Morgan fingerprint density at radius 1 is 1.17 bits per heavy atom. The molecular formula is C14H13IN2O. The van der Waals surface area contributed by atoms with E-state index < -0.39 is 0 Å². The van der Waals surface area contributed by atoms with Crippen LogP contribution in [-0.4, -0.2) is 21.9 Å². The maximum Gasteiger partial charge on any atom is 0.254 e. The lowest BCUT2D eigenvalue weighted by atomic mass is 10.2. The van der Waals surface area contributed by atoms with Crippen molar-refractivity contribution in [2.24, 2.45) is 0 Å². The Balaban J connectivity index is 1.82. The van der Waals surface area contributed by atoms with E-state index in [1.165, 1.54) is 9.26 Å². The molecule has 0 N–H and O–H groups in total. The zero-order valence-corrected chi connectivity index (χ0v) is 12.0. The molecule has 0 bridgehead atoms. The second-order valence-electron chi connectivity index (χ2n) is 4.44. The summed E-state index contributed by atoms with van der Waals surface area (Å²) in [7, 11) is 0. The van der Waals surface area contributed by atoms with Gasteiger partial charge in [0.2, 0.25) is 0 Å². The van der Waals surface area contributed by atoms with E-state index in [1.807, 2.05) is 35.2 Å². The molecule has 92 valence electrons. The van der Waals surface area contributed by atoms with Gasteiger partial charge in [0.15, 0.2) is 0 Å². The first-order chi connectivity index (χ1) is 8.74. The van der Waals surface area contributed by atoms with Crippen LogP contribution in [0.5, 0.6) is 0 Å². The fraction of sp³-hybridized carbons (Fsp3) is 0.214. The molecule has 1 aromatic heterocycles. The molecule has 18 heavy (non-hydrogen) atoms. The van der Waals surface area contributed by atoms with Crippen LogP contribution in [0.1, 0.15) is 16.1 Å². The highest BCUT2D eigenvalue weighted by Gasteiger charge is 2.21. The molecule has 0 saturated heterocycles. The maximum atomic E-state index is 12.3. The van der Waals surface area contributed by atoms with Crippen LogP contribution in [0.25, 0.3) is 0 Å². The lowest BCUT2D eigenvalue weighted by Gasteiger charge is -2.28. The van der Waals surface area contributed by atoms with E-state index in [2.05, 4.69) is 39.4 Å². The number of carbonyl (C=O) groups excluding carboxylic acids is 1. The Bertz CT molecular complexity index is 577. The van der Waals surface area contributed by atoms with Crippen LogP contribution < -0.4 is 0 Å². The molecule has 1 amide bonds. The zero-order valence-electron chi connectivity index (χ0n) is 9.84. The predicted octanol–water partition coefficient (Wildman–Crippen LogP) is 2.75. The van der Waals surface area contributed by atoms with Crippen molar-refractivity contribution in [1.29, 1.82) is 0 Å². The van der Waals surface area contributed by atoms with Gasteiger partial charge in [-0.2, -0.15) is 0 Å². The first kappa shape index (κ1) is 11.8. The van der Waals surface area contributed by atoms with E-state index in [0.29, 0.717) is 6.54 Å². The van der Waals surface area contributed by atoms with Gasteiger partial charge in [0, 0.05) is 34.1 Å². The number of rotatable bonds is 1. The van der Waals surface area contributed by atoms with Crippen molar-refractivity contribution in [3.8, 4) is 0 Å². The quantitative estimate of drug-likeness (QED) is 0.725. The lowest BCUT2D eigenvalue weighted by Crippen LogP contribution is -2.37. The topological polar surface area (TPSA) is 25.2 Å². The largest absolute Gasteiger partial charge is 0.347 e. The number of halogens is 1. The third-order valence-electron chi connectivity index (χ3n) is 3.22. The van der Waals surface area contributed by atoms with Gasteiger partial charge in [0.05, 0.1) is 6.54 Å². The summed E-state index contributed by atoms with van der Waals surface area (Å²) in [5.41, 5.74) is 1.99. The standard InChI is InChI=1S/C14H13IN2O/c15-12-8-13-10-17(7-6-16(13)9-12)14(18)11-4-2-1-3-5-11/h1-5,8-9H,6-7,10H2. The number of hydrogen-bond acceptors (Lipinski definition) is 1. The maximum absolute atomic E-state index is 12.3. The van der Waals surface area contributed by atoms with Gasteiger partial charge in [0.25, 0.3) is 5.91 Å². The molecule has 1 aliphatic heterocycles. The summed E-state index contributed by atoms with van der Waals surface area (Å²) in [6, 6.07) is 11.6. The zero-order chi connectivity index (χ0) is 12.5. The van der Waals surface area contributed by atoms with E-state index in [0.717, 1.165) is 18.7 Å². The van der Waals surface area contributed by atoms with Gasteiger partial charge in [-0.15, -0.1) is 0 Å². The molecule has 4 heteroatoms. The number of amides is 1. The third kappa shape index (κ3) is 2.16. The molecule has 1 aromatic carbocycles. The summed E-state index contributed by atoms with van der Waals surface area (Å²) >= 11 is 2.31. The second kappa shape index (κ2) is 4.76. The van der Waals surface area contributed by atoms with Gasteiger partial charge in [-0.1, -0.05) is 18.2 Å². The predicted molar refractivity (Wildman–Crippen MR) is 78.3 cm³/mol. The minimum atomic E-state index is 0.123. The molecule has 0 saturated carbocycles. The highest BCUT2D eigenvalue weighted by molar-refractivity contribution is 14.1. The number of benzene rings is 1. The molecule has 0 spiro atoms. The van der Waals surface area contributed by atoms with Crippen LogP contribution in [0.2, 0.25) is 0 Å². The lowest BCUT2D eigenvalue weighted by molar-refractivity contribution is 0.0711. The van der Waals surface area contributed by atoms with E-state index in [-0.39, 0.29) is 5.91 Å². The Morgan fingerprint density at radius 2 is 1.94 bits per heavy atom. The van der Waals surface area contributed by atoms with E-state index in [4.69, 9.17) is 0 Å². The molecule has 2 aromatic rings. The fourth-order valence-electron chi connectivity index (χ4n) is 2.30. The molecule has 0 atom stereocenters. The second-order valence-corrected chi connectivity index (χ2v) is 5.68. The summed E-state index contributed by atoms with van der Waals surface area (Å²) in [6.07, 6.45) is 2.14. The van der Waals surface area contributed by atoms with Crippen LogP contribution in [0.3, 0.4) is 0 Å². The average molecular weight is 352 g/mol. The molecular weight excluding hydrogens is 339 g/mol. The average Bonchev–Trinajstić information content (AvgIpc) is 2.78. The monoisotopic (exact) mass is 352 g/mol. The summed E-state index contributed by atoms with van der Waals surface area (Å²) < 4.78 is 3.47. The third-order valence-corrected chi connectivity index (χ3v) is 3.81. The van der Waals surface area contributed by atoms with Crippen LogP contribution in [0.4, 0.5) is 0 Å². The van der Waals surface area contributed by atoms with Gasteiger partial charge in [0.1, 0.15) is 0 Å². The van der Waals surface area contributed by atoms with Crippen molar-refractivity contribution in [3.63, 3.8) is 0 Å². The van der Waals surface area contributed by atoms with Gasteiger partial charge in [-0.25, -0.2) is 0 Å². The van der Waals surface area contributed by atoms with Crippen LogP contribution in [0, 0.1) is 3.57 Å². The molecule has 2 heterocycles. The van der Waals surface area contributed by atoms with Crippen molar-refractivity contribution in [2.75, 3.05) is 6.54 Å². The molecule has 3 rings (SSSR count). The summed E-state index contributed by atoms with van der Waals surface area (Å²) in [5.74, 6) is 0.123. The highest BCUT2D eigenvalue weighted by Crippen LogP contribution is 2.19. The van der Waals surface area contributed by atoms with Gasteiger partial charge < -0.3 is 9.47 Å². The highest BCUT2D eigenvalue weighted by atomic mass is 127. The first-order valence-electron chi connectivity index (χ1n) is 5.93. The van der Waals surface area contributed by atoms with Crippen LogP contribution in [-0.2, 0) is 13.1 Å². The van der Waals surface area contributed by atoms with Crippen molar-refractivity contribution < 1.29 is 4.79 Å². The van der Waals surface area contributed by atoms with Crippen molar-refractivity contribution in [1.82, 2.24) is 9.47 Å². The minimum Gasteiger partial charge on any atom is -0.347 e. The van der Waals surface area contributed by atoms with Gasteiger partial charge in [-0.05, 0) is 40.8 Å². The van der Waals surface area contributed by atoms with E-state index in [9.17, 15) is 4.79 Å². The first-order valence-corrected chi connectivity index (χ1v) is 7.01. The van der Waals surface area contributed by atoms with E-state index in [1.54, 1.807) is 0 Å². The van der Waals surface area contributed by atoms with E-state index >= 15 is 0 Å². The molecule has 0 radical (unpaired) electrons. The van der Waals surface area contributed by atoms with Crippen LogP contribution >= 0.6 is 22.6 Å². The molecule has 3 nitrogen and oxygen atoms in total. The molecule has 0 unspecified atom stereocenters. The Kier molecular flexibility index (Phi) is 3.11. The van der Waals surface area contributed by atoms with Gasteiger partial charge in [-0.3, -0.25) is 4.79 Å². The minimum absolute atomic E-state index is 0.123. The summed E-state index contributed by atoms with van der Waals surface area (Å²) in [6.45, 7) is 2.37. The summed E-state index contributed by atoms with van der Waals surface area (Å²) in [4.78, 5) is 14.2. The Labute approximate surface area is 120 Å². The van der Waals surface area contributed by atoms with Crippen molar-refractivity contribution in [2.45, 2.75) is 13.1 Å². The van der Waals surface area contributed by atoms with Crippen molar-refractivity contribution >= 4 is 28.5 Å². The number of fused-ring (bicyclic) bond motifs is 1. The number of nitrogens with zero attached hydrogens (tertiary/aromatic N) is 2. The Morgan fingerprint density at radius 3 is 2.72 bits per heavy atom. The number of aromatic nitrogens is 1. The number of hydrogen-bond donors (Lipinski definition) is 0. The van der Waals surface area contributed by atoms with Crippen LogP contribution in [0.15, 0.2) is 42.6 Å². The molecule has 0 aliphatic carbocycles.